The maximum absolute atomic E-state index is 10.7. The van der Waals surface area contributed by atoms with E-state index in [9.17, 15) is 5.11 Å². The Hall–Kier alpha value is -1.06. The molecule has 1 aliphatic carbocycles. The zero-order chi connectivity index (χ0) is 13.3. The third-order valence-corrected chi connectivity index (χ3v) is 4.68. The third-order valence-electron chi connectivity index (χ3n) is 4.68. The maximum Gasteiger partial charge on any atom is 0.0774 e. The molecule has 104 valence electrons. The van der Waals surface area contributed by atoms with E-state index in [1.165, 1.54) is 30.4 Å². The predicted molar refractivity (Wildman–Crippen MR) is 77.9 cm³/mol. The van der Waals surface area contributed by atoms with Crippen LogP contribution < -0.4 is 5.73 Å². The van der Waals surface area contributed by atoms with Crippen molar-refractivity contribution in [1.29, 1.82) is 0 Å². The van der Waals surface area contributed by atoms with Crippen molar-refractivity contribution in [1.82, 2.24) is 4.90 Å². The summed E-state index contributed by atoms with van der Waals surface area (Å²) in [7, 11) is 0. The number of hydrogen-bond acceptors (Lipinski definition) is 3. The van der Waals surface area contributed by atoms with Crippen LogP contribution in [-0.2, 0) is 13.0 Å². The summed E-state index contributed by atoms with van der Waals surface area (Å²) in [5.41, 5.74) is 9.16. The van der Waals surface area contributed by atoms with Gasteiger partial charge in [-0.3, -0.25) is 4.90 Å². The van der Waals surface area contributed by atoms with E-state index in [1.807, 2.05) is 12.1 Å². The average molecular weight is 260 g/mol. The van der Waals surface area contributed by atoms with Crippen LogP contribution in [0, 0.1) is 0 Å². The standard InChI is InChI=1S/C16H24N2O/c17-15-6-4-5-13-11-18(10-7-14(13)15)12-16(19)8-2-1-3-9-16/h4-6,19H,1-3,7-12,17H2. The molecule has 1 fully saturated rings. The molecule has 0 saturated heterocycles. The van der Waals surface area contributed by atoms with Crippen LogP contribution in [0.1, 0.15) is 43.2 Å². The van der Waals surface area contributed by atoms with Gasteiger partial charge in [0.1, 0.15) is 0 Å². The highest BCUT2D eigenvalue weighted by atomic mass is 16.3. The van der Waals surface area contributed by atoms with Gasteiger partial charge >= 0.3 is 0 Å². The number of nitrogens with two attached hydrogens (primary N) is 1. The minimum atomic E-state index is -0.448. The molecule has 19 heavy (non-hydrogen) atoms. The third kappa shape index (κ3) is 2.77. The van der Waals surface area contributed by atoms with Crippen molar-refractivity contribution in [2.45, 2.75) is 50.7 Å². The van der Waals surface area contributed by atoms with Crippen LogP contribution in [0.4, 0.5) is 5.69 Å². The van der Waals surface area contributed by atoms with E-state index < -0.39 is 5.60 Å². The lowest BCUT2D eigenvalue weighted by Crippen LogP contribution is -2.46. The van der Waals surface area contributed by atoms with E-state index in [0.29, 0.717) is 0 Å². The highest BCUT2D eigenvalue weighted by molar-refractivity contribution is 5.51. The fourth-order valence-electron chi connectivity index (χ4n) is 3.62. The van der Waals surface area contributed by atoms with Crippen LogP contribution in [0.2, 0.25) is 0 Å². The number of rotatable bonds is 2. The Labute approximate surface area is 115 Å². The highest BCUT2D eigenvalue weighted by Gasteiger charge is 2.32. The van der Waals surface area contributed by atoms with Gasteiger partial charge < -0.3 is 10.8 Å². The van der Waals surface area contributed by atoms with Gasteiger partial charge in [0, 0.05) is 25.3 Å². The van der Waals surface area contributed by atoms with Crippen molar-refractivity contribution in [3.05, 3.63) is 29.3 Å². The molecule has 1 saturated carbocycles. The molecular formula is C16H24N2O. The second-order valence-electron chi connectivity index (χ2n) is 6.23. The van der Waals surface area contributed by atoms with Gasteiger partial charge in [0.2, 0.25) is 0 Å². The molecule has 0 atom stereocenters. The molecule has 1 aliphatic heterocycles. The van der Waals surface area contributed by atoms with Gasteiger partial charge in [-0.05, 0) is 36.5 Å². The monoisotopic (exact) mass is 260 g/mol. The zero-order valence-electron chi connectivity index (χ0n) is 11.6. The van der Waals surface area contributed by atoms with Crippen molar-refractivity contribution in [3.8, 4) is 0 Å². The summed E-state index contributed by atoms with van der Waals surface area (Å²) in [6.07, 6.45) is 6.57. The fraction of sp³-hybridized carbons (Fsp3) is 0.625. The van der Waals surface area contributed by atoms with Crippen molar-refractivity contribution in [3.63, 3.8) is 0 Å². The van der Waals surface area contributed by atoms with E-state index >= 15 is 0 Å². The summed E-state index contributed by atoms with van der Waals surface area (Å²) in [6, 6.07) is 6.19. The summed E-state index contributed by atoms with van der Waals surface area (Å²) in [6.45, 7) is 2.77. The molecule has 0 amide bonds. The molecule has 3 N–H and O–H groups in total. The number of fused-ring (bicyclic) bond motifs is 1. The molecular weight excluding hydrogens is 236 g/mol. The molecule has 1 aromatic carbocycles. The van der Waals surface area contributed by atoms with Crippen LogP contribution in [0.5, 0.6) is 0 Å². The van der Waals surface area contributed by atoms with Gasteiger partial charge in [-0.2, -0.15) is 0 Å². The summed E-state index contributed by atoms with van der Waals surface area (Å²) in [5, 5.41) is 10.7. The SMILES string of the molecule is Nc1cccc2c1CCN(CC1(O)CCCCC1)C2. The molecule has 3 rings (SSSR count). The Kier molecular flexibility index (Phi) is 3.50. The lowest BCUT2D eigenvalue weighted by Gasteiger charge is -2.39. The molecule has 0 spiro atoms. The predicted octanol–water partition coefficient (Wildman–Crippen LogP) is 2.32. The lowest BCUT2D eigenvalue weighted by molar-refractivity contribution is -0.0291. The van der Waals surface area contributed by atoms with E-state index in [0.717, 1.165) is 44.6 Å². The van der Waals surface area contributed by atoms with Crippen LogP contribution in [-0.4, -0.2) is 28.7 Å². The van der Waals surface area contributed by atoms with E-state index in [2.05, 4.69) is 11.0 Å². The summed E-state index contributed by atoms with van der Waals surface area (Å²) < 4.78 is 0. The number of benzene rings is 1. The summed E-state index contributed by atoms with van der Waals surface area (Å²) in [4.78, 5) is 2.40. The first-order valence-corrected chi connectivity index (χ1v) is 7.47. The first kappa shape index (κ1) is 12.9. The van der Waals surface area contributed by atoms with E-state index in [1.54, 1.807) is 0 Å². The normalized spacial score (nSPS) is 23.0. The number of nitrogens with zero attached hydrogens (tertiary/aromatic N) is 1. The molecule has 2 aliphatic rings. The first-order chi connectivity index (χ1) is 9.16. The van der Waals surface area contributed by atoms with Gasteiger partial charge in [-0.25, -0.2) is 0 Å². The van der Waals surface area contributed by atoms with Gasteiger partial charge in [0.15, 0.2) is 0 Å². The molecule has 3 heteroatoms. The van der Waals surface area contributed by atoms with Crippen LogP contribution in [0.3, 0.4) is 0 Å². The quantitative estimate of drug-likeness (QED) is 0.802. The maximum atomic E-state index is 10.7. The van der Waals surface area contributed by atoms with E-state index in [4.69, 9.17) is 5.73 Å². The van der Waals surface area contributed by atoms with Gasteiger partial charge in [-0.1, -0.05) is 31.4 Å². The molecule has 0 aromatic heterocycles. The Bertz CT molecular complexity index is 452. The Morgan fingerprint density at radius 1 is 1.21 bits per heavy atom. The lowest BCUT2D eigenvalue weighted by atomic mass is 9.84. The summed E-state index contributed by atoms with van der Waals surface area (Å²) in [5.74, 6) is 0. The largest absolute Gasteiger partial charge is 0.398 e. The second kappa shape index (κ2) is 5.14. The van der Waals surface area contributed by atoms with Gasteiger partial charge in [-0.15, -0.1) is 0 Å². The minimum Gasteiger partial charge on any atom is -0.398 e. The zero-order valence-corrected chi connectivity index (χ0v) is 11.6. The van der Waals surface area contributed by atoms with Crippen molar-refractivity contribution in [2.75, 3.05) is 18.8 Å². The highest BCUT2D eigenvalue weighted by Crippen LogP contribution is 2.31. The van der Waals surface area contributed by atoms with Crippen molar-refractivity contribution < 1.29 is 5.11 Å². The topological polar surface area (TPSA) is 49.5 Å². The number of nitrogen functional groups attached to an aromatic ring is 1. The molecule has 1 aromatic rings. The summed E-state index contributed by atoms with van der Waals surface area (Å²) >= 11 is 0. The van der Waals surface area contributed by atoms with E-state index in [-0.39, 0.29) is 0 Å². The average Bonchev–Trinajstić information content (AvgIpc) is 2.39. The molecule has 3 nitrogen and oxygen atoms in total. The second-order valence-corrected chi connectivity index (χ2v) is 6.23. The first-order valence-electron chi connectivity index (χ1n) is 7.47. The fourth-order valence-corrected chi connectivity index (χ4v) is 3.62. The van der Waals surface area contributed by atoms with Crippen LogP contribution >= 0.6 is 0 Å². The number of hydrogen-bond donors (Lipinski definition) is 2. The molecule has 0 radical (unpaired) electrons. The Balaban J connectivity index is 1.68. The molecule has 0 unspecified atom stereocenters. The van der Waals surface area contributed by atoms with Crippen molar-refractivity contribution >= 4 is 5.69 Å². The van der Waals surface area contributed by atoms with Crippen LogP contribution in [0.25, 0.3) is 0 Å². The van der Waals surface area contributed by atoms with Gasteiger partial charge in [0.05, 0.1) is 5.60 Å². The molecule has 0 bridgehead atoms. The van der Waals surface area contributed by atoms with Gasteiger partial charge in [0.25, 0.3) is 0 Å². The minimum absolute atomic E-state index is 0.448. The van der Waals surface area contributed by atoms with Crippen molar-refractivity contribution in [2.24, 2.45) is 0 Å². The smallest absolute Gasteiger partial charge is 0.0774 e. The Morgan fingerprint density at radius 3 is 2.79 bits per heavy atom. The number of β-amino-alcohol motifs (C(OH)–C–C–N with tert-alkyl or cyclic N) is 1. The Morgan fingerprint density at radius 2 is 2.00 bits per heavy atom. The van der Waals surface area contributed by atoms with Crippen LogP contribution in [0.15, 0.2) is 18.2 Å². The number of aliphatic hydroxyl groups is 1. The molecule has 1 heterocycles. The number of anilines is 1.